The van der Waals surface area contributed by atoms with Gasteiger partial charge in [0.25, 0.3) is 5.78 Å². The fourth-order valence-corrected chi connectivity index (χ4v) is 4.50. The highest BCUT2D eigenvalue weighted by Crippen LogP contribution is 2.55. The van der Waals surface area contributed by atoms with Gasteiger partial charge >= 0.3 is 39.4 Å². The summed E-state index contributed by atoms with van der Waals surface area (Å²) in [6, 6.07) is 3.20. The Balaban J connectivity index is 2.95. The summed E-state index contributed by atoms with van der Waals surface area (Å²) in [6.07, 6.45) is -7.59. The van der Waals surface area contributed by atoms with E-state index in [1.807, 2.05) is 0 Å². The highest BCUT2D eigenvalue weighted by molar-refractivity contribution is 9.10. The maximum Gasteiger partial charge on any atom is 0.460 e. The van der Waals surface area contributed by atoms with E-state index in [1.165, 1.54) is 19.9 Å². The first kappa shape index (κ1) is 29.7. The van der Waals surface area contributed by atoms with E-state index < -0.39 is 61.8 Å². The highest BCUT2D eigenvalue weighted by atomic mass is 79.9. The van der Waals surface area contributed by atoms with E-state index in [-0.39, 0.29) is 27.4 Å². The van der Waals surface area contributed by atoms with Gasteiger partial charge in [-0.15, -0.1) is 0 Å². The molecule has 0 radical (unpaired) electrons. The number of rotatable bonds is 8. The van der Waals surface area contributed by atoms with Crippen molar-refractivity contribution in [2.24, 2.45) is 0 Å². The summed E-state index contributed by atoms with van der Waals surface area (Å²) in [6.45, 7) is 2.60. The van der Waals surface area contributed by atoms with E-state index >= 15 is 0 Å². The summed E-state index contributed by atoms with van der Waals surface area (Å²) in [4.78, 5) is 23.7. The van der Waals surface area contributed by atoms with Gasteiger partial charge in [-0.2, -0.15) is 47.9 Å². The number of aryl methyl sites for hydroxylation is 1. The zero-order chi connectivity index (χ0) is 28.2. The van der Waals surface area contributed by atoms with Gasteiger partial charge in [-0.1, -0.05) is 22.9 Å². The fraction of sp³-hybridized carbons (Fsp3) is 0.368. The van der Waals surface area contributed by atoms with Crippen molar-refractivity contribution < 1.29 is 66.8 Å². The number of hydrogen-bond acceptors (Lipinski definition) is 5. The molecule has 0 bridgehead atoms. The Morgan fingerprint density at radius 3 is 1.94 bits per heavy atom. The molecule has 0 aliphatic rings. The minimum Gasteiger partial charge on any atom is -0.475 e. The van der Waals surface area contributed by atoms with Gasteiger partial charge < -0.3 is 9.29 Å². The third-order valence-corrected chi connectivity index (χ3v) is 6.77. The van der Waals surface area contributed by atoms with Gasteiger partial charge in [0.2, 0.25) is 0 Å². The molecule has 0 aliphatic heterocycles. The van der Waals surface area contributed by atoms with Gasteiger partial charge in [0.1, 0.15) is 0 Å². The van der Waals surface area contributed by atoms with Gasteiger partial charge in [0, 0.05) is 9.86 Å². The minimum absolute atomic E-state index is 0.0796. The van der Waals surface area contributed by atoms with Crippen LogP contribution in [0.1, 0.15) is 28.4 Å². The zero-order valence-corrected chi connectivity index (χ0v) is 20.0. The van der Waals surface area contributed by atoms with E-state index in [0.717, 1.165) is 12.1 Å². The van der Waals surface area contributed by atoms with Crippen LogP contribution in [-0.2, 0) is 21.3 Å². The van der Waals surface area contributed by atoms with Crippen molar-refractivity contribution in [1.29, 1.82) is 0 Å². The predicted molar refractivity (Wildman–Crippen MR) is 108 cm³/mol. The molecule has 0 spiro atoms. The summed E-state index contributed by atoms with van der Waals surface area (Å²) in [5.41, 5.74) is -1.42. The molecule has 0 heterocycles. The molecule has 0 aliphatic carbocycles. The Bertz CT molecular complexity index is 1350. The first-order valence-corrected chi connectivity index (χ1v) is 11.4. The molecule has 0 fully saturated rings. The molecule has 0 amide bonds. The maximum absolute atomic E-state index is 14.3. The number of carbonyl (C=O) groups excluding carboxylic acids is 1. The van der Waals surface area contributed by atoms with Crippen molar-refractivity contribution in [2.75, 3.05) is 0 Å². The standard InChI is InChI=1S/C19H12BrF9O6S/c1-3-9-7(2)11-6-8(20)4-5-10(11)14(12(9)13(30)15(31)32)35-36(33,34)19(28,29)17(23,24)16(21,22)18(25,26)27/h4-6H,3H2,1-2H3,(H,31,32). The molecule has 2 aromatic carbocycles. The largest absolute Gasteiger partial charge is 0.475 e. The molecule has 6 nitrogen and oxygen atoms in total. The van der Waals surface area contributed by atoms with Crippen molar-refractivity contribution >= 4 is 48.6 Å². The summed E-state index contributed by atoms with van der Waals surface area (Å²) >= 11 is 3.04. The van der Waals surface area contributed by atoms with E-state index in [1.54, 1.807) is 0 Å². The Morgan fingerprint density at radius 1 is 0.972 bits per heavy atom. The summed E-state index contributed by atoms with van der Waals surface area (Å²) in [5, 5.41) is 1.19. The van der Waals surface area contributed by atoms with Crippen LogP contribution in [0.4, 0.5) is 39.5 Å². The van der Waals surface area contributed by atoms with E-state index in [4.69, 9.17) is 5.11 Å². The first-order chi connectivity index (χ1) is 16.1. The van der Waals surface area contributed by atoms with Crippen LogP contribution < -0.4 is 4.18 Å². The third-order valence-electron chi connectivity index (χ3n) is 5.01. The van der Waals surface area contributed by atoms with Crippen LogP contribution in [0, 0.1) is 6.92 Å². The molecule has 2 rings (SSSR count). The highest BCUT2D eigenvalue weighted by Gasteiger charge is 2.86. The molecule has 0 atom stereocenters. The van der Waals surface area contributed by atoms with Crippen LogP contribution >= 0.6 is 15.9 Å². The lowest BCUT2D eigenvalue weighted by Gasteiger charge is -2.32. The van der Waals surface area contributed by atoms with E-state index in [2.05, 4.69) is 20.1 Å². The van der Waals surface area contributed by atoms with Crippen LogP contribution in [0.25, 0.3) is 10.8 Å². The zero-order valence-electron chi connectivity index (χ0n) is 17.6. The summed E-state index contributed by atoms with van der Waals surface area (Å²) in [5.74, 6) is -20.9. The number of carboxylic acids is 1. The predicted octanol–water partition coefficient (Wildman–Crippen LogP) is 5.87. The normalized spacial score (nSPS) is 13.7. The molecule has 1 N–H and O–H groups in total. The number of halogens is 10. The Kier molecular flexibility index (Phi) is 7.48. The molecule has 0 saturated carbocycles. The second-order valence-electron chi connectivity index (χ2n) is 7.19. The number of aliphatic carboxylic acids is 1. The number of hydrogen-bond donors (Lipinski definition) is 1. The second kappa shape index (κ2) is 9.08. The number of benzene rings is 2. The third kappa shape index (κ3) is 4.39. The van der Waals surface area contributed by atoms with Crippen LogP contribution in [-0.4, -0.2) is 48.6 Å². The molecule has 2 aromatic rings. The summed E-state index contributed by atoms with van der Waals surface area (Å²) in [7, 11) is -7.46. The monoisotopic (exact) mass is 618 g/mol. The molecular weight excluding hydrogens is 607 g/mol. The fourth-order valence-electron chi connectivity index (χ4n) is 3.20. The van der Waals surface area contributed by atoms with Gasteiger partial charge in [-0.25, -0.2) is 4.79 Å². The second-order valence-corrected chi connectivity index (χ2v) is 9.69. The lowest BCUT2D eigenvalue weighted by molar-refractivity contribution is -0.382. The van der Waals surface area contributed by atoms with Crippen molar-refractivity contribution in [3.63, 3.8) is 0 Å². The quantitative estimate of drug-likeness (QED) is 0.172. The average Bonchev–Trinajstić information content (AvgIpc) is 2.73. The van der Waals surface area contributed by atoms with Crippen LogP contribution in [0.15, 0.2) is 22.7 Å². The molecule has 0 aromatic heterocycles. The van der Waals surface area contributed by atoms with Crippen LogP contribution in [0.5, 0.6) is 5.75 Å². The number of ketones is 1. The molecule has 200 valence electrons. The van der Waals surface area contributed by atoms with Crippen molar-refractivity contribution in [3.8, 4) is 5.75 Å². The molecule has 0 saturated heterocycles. The Hall–Kier alpha value is -2.56. The Morgan fingerprint density at radius 2 is 1.50 bits per heavy atom. The van der Waals surface area contributed by atoms with Gasteiger partial charge in [0.15, 0.2) is 5.75 Å². The van der Waals surface area contributed by atoms with E-state index in [9.17, 15) is 57.5 Å². The number of alkyl halides is 9. The number of Topliss-reactive ketones (excluding diaryl/α,β-unsaturated/α-hetero) is 1. The van der Waals surface area contributed by atoms with Crippen molar-refractivity contribution in [2.45, 2.75) is 43.5 Å². The SMILES string of the molecule is CCc1c(C(=O)C(=O)O)c(OS(=O)(=O)C(F)(F)C(F)(F)C(F)(F)C(F)(F)F)c2ccc(Br)cc2c1C. The molecule has 0 unspecified atom stereocenters. The average molecular weight is 619 g/mol. The van der Waals surface area contributed by atoms with Crippen molar-refractivity contribution in [1.82, 2.24) is 0 Å². The number of carboxylic acid groups (broad SMARTS) is 1. The minimum atomic E-state index is -7.59. The lowest BCUT2D eigenvalue weighted by Crippen LogP contribution is -2.63. The van der Waals surface area contributed by atoms with Crippen molar-refractivity contribution in [3.05, 3.63) is 39.4 Å². The molecular formula is C19H12BrF9O6S. The maximum atomic E-state index is 14.3. The van der Waals surface area contributed by atoms with Gasteiger partial charge in [0.05, 0.1) is 5.56 Å². The molecule has 17 heteroatoms. The van der Waals surface area contributed by atoms with Gasteiger partial charge in [-0.3, -0.25) is 4.79 Å². The lowest BCUT2D eigenvalue weighted by atomic mass is 9.90. The van der Waals surface area contributed by atoms with E-state index in [0.29, 0.717) is 0 Å². The summed E-state index contributed by atoms with van der Waals surface area (Å²) < 4.78 is 148. The smallest absolute Gasteiger partial charge is 0.460 e. The topological polar surface area (TPSA) is 97.7 Å². The first-order valence-electron chi connectivity index (χ1n) is 9.23. The molecule has 36 heavy (non-hydrogen) atoms. The van der Waals surface area contributed by atoms with Crippen LogP contribution in [0.3, 0.4) is 0 Å². The number of fused-ring (bicyclic) bond motifs is 1. The van der Waals surface area contributed by atoms with Gasteiger partial charge in [-0.05, 0) is 48.1 Å². The van der Waals surface area contributed by atoms with Crippen LogP contribution in [0.2, 0.25) is 0 Å². The number of carbonyl (C=O) groups is 2. The Labute approximate surface area is 204 Å².